The van der Waals surface area contributed by atoms with Crippen LogP contribution in [0.25, 0.3) is 0 Å². The summed E-state index contributed by atoms with van der Waals surface area (Å²) in [4.78, 5) is 0. The number of anilines is 1. The molecule has 21 heavy (non-hydrogen) atoms. The summed E-state index contributed by atoms with van der Waals surface area (Å²) in [7, 11) is 0. The van der Waals surface area contributed by atoms with Crippen LogP contribution in [0.1, 0.15) is 30.0 Å². The maximum atomic E-state index is 6.03. The zero-order valence-electron chi connectivity index (χ0n) is 13.4. The molecular formula is C19H25NO. The van der Waals surface area contributed by atoms with Crippen molar-refractivity contribution in [3.8, 4) is 5.75 Å². The maximum absolute atomic E-state index is 6.03. The van der Waals surface area contributed by atoms with Gasteiger partial charge >= 0.3 is 0 Å². The molecule has 0 saturated carbocycles. The van der Waals surface area contributed by atoms with Crippen LogP contribution in [-0.2, 0) is 0 Å². The summed E-state index contributed by atoms with van der Waals surface area (Å²) in [5.41, 5.74) is 5.05. The largest absolute Gasteiger partial charge is 0.489 e. The van der Waals surface area contributed by atoms with Gasteiger partial charge in [0.15, 0.2) is 0 Å². The molecule has 0 spiro atoms. The van der Waals surface area contributed by atoms with Crippen LogP contribution in [0.15, 0.2) is 42.5 Å². The molecule has 2 aromatic rings. The van der Waals surface area contributed by atoms with Gasteiger partial charge in [0.2, 0.25) is 0 Å². The predicted octanol–water partition coefficient (Wildman–Crippen LogP) is 4.88. The molecule has 2 rings (SSSR count). The molecule has 0 saturated heterocycles. The Hall–Kier alpha value is -1.96. The highest BCUT2D eigenvalue weighted by Crippen LogP contribution is 2.17. The van der Waals surface area contributed by atoms with E-state index < -0.39 is 0 Å². The summed E-state index contributed by atoms with van der Waals surface area (Å²) in [5.74, 6) is 0.939. The smallest absolute Gasteiger partial charge is 0.119 e. The van der Waals surface area contributed by atoms with Crippen molar-refractivity contribution in [1.29, 1.82) is 0 Å². The van der Waals surface area contributed by atoms with Crippen LogP contribution in [0.3, 0.4) is 0 Å². The quantitative estimate of drug-likeness (QED) is 0.815. The first kappa shape index (κ1) is 15.4. The van der Waals surface area contributed by atoms with Gasteiger partial charge < -0.3 is 10.1 Å². The Morgan fingerprint density at radius 1 is 0.952 bits per heavy atom. The first-order valence-corrected chi connectivity index (χ1v) is 7.63. The Labute approximate surface area is 128 Å². The monoisotopic (exact) mass is 283 g/mol. The highest BCUT2D eigenvalue weighted by Gasteiger charge is 2.08. The van der Waals surface area contributed by atoms with Gasteiger partial charge in [-0.3, -0.25) is 0 Å². The lowest BCUT2D eigenvalue weighted by Crippen LogP contribution is -2.25. The fourth-order valence-electron chi connectivity index (χ4n) is 2.16. The van der Waals surface area contributed by atoms with Gasteiger partial charge in [-0.25, -0.2) is 0 Å². The normalized spacial score (nSPS) is 12.0. The second-order valence-electron chi connectivity index (χ2n) is 5.64. The van der Waals surface area contributed by atoms with Gasteiger partial charge in [0.05, 0.1) is 6.54 Å². The molecule has 2 nitrogen and oxygen atoms in total. The Morgan fingerprint density at radius 2 is 1.67 bits per heavy atom. The van der Waals surface area contributed by atoms with Crippen molar-refractivity contribution in [1.82, 2.24) is 0 Å². The molecule has 1 N–H and O–H groups in total. The lowest BCUT2D eigenvalue weighted by Gasteiger charge is -2.19. The minimum atomic E-state index is 0.175. The van der Waals surface area contributed by atoms with Gasteiger partial charge in [0.1, 0.15) is 11.9 Å². The van der Waals surface area contributed by atoms with Crippen molar-refractivity contribution in [3.05, 3.63) is 59.2 Å². The fraction of sp³-hybridized carbons (Fsp3) is 0.368. The second-order valence-corrected chi connectivity index (χ2v) is 5.64. The van der Waals surface area contributed by atoms with E-state index in [1.165, 1.54) is 16.7 Å². The van der Waals surface area contributed by atoms with E-state index in [9.17, 15) is 0 Å². The predicted molar refractivity (Wildman–Crippen MR) is 90.3 cm³/mol. The summed E-state index contributed by atoms with van der Waals surface area (Å²) in [5, 5.41) is 3.47. The second kappa shape index (κ2) is 7.16. The molecular weight excluding hydrogens is 258 g/mol. The minimum Gasteiger partial charge on any atom is -0.489 e. The van der Waals surface area contributed by atoms with Crippen LogP contribution in [0.2, 0.25) is 0 Å². The van der Waals surface area contributed by atoms with Crippen molar-refractivity contribution < 1.29 is 4.74 Å². The van der Waals surface area contributed by atoms with Gasteiger partial charge in [-0.2, -0.15) is 0 Å². The lowest BCUT2D eigenvalue weighted by molar-refractivity contribution is 0.210. The molecule has 1 atom stereocenters. The molecule has 1 unspecified atom stereocenters. The van der Waals surface area contributed by atoms with E-state index in [0.29, 0.717) is 0 Å². The number of aryl methyl sites for hydroxylation is 3. The average molecular weight is 283 g/mol. The Morgan fingerprint density at radius 3 is 2.29 bits per heavy atom. The number of nitrogens with one attached hydrogen (secondary N) is 1. The standard InChI is InChI=1S/C19H25NO/c1-5-18(21-19-10-6-14(2)7-11-19)13-20-17-9-8-15(3)16(4)12-17/h6-12,18,20H,5,13H2,1-4H3. The molecule has 0 aromatic heterocycles. The van der Waals surface area contributed by atoms with Crippen LogP contribution in [-0.4, -0.2) is 12.6 Å². The first-order valence-electron chi connectivity index (χ1n) is 7.63. The number of ether oxygens (including phenoxy) is 1. The molecule has 0 bridgehead atoms. The molecule has 0 aliphatic carbocycles. The van der Waals surface area contributed by atoms with Gasteiger partial charge in [-0.1, -0.05) is 30.7 Å². The van der Waals surface area contributed by atoms with Crippen LogP contribution in [0.5, 0.6) is 5.75 Å². The van der Waals surface area contributed by atoms with Crippen molar-refractivity contribution in [2.24, 2.45) is 0 Å². The number of benzene rings is 2. The summed E-state index contributed by atoms with van der Waals surface area (Å²) in [6.07, 6.45) is 1.15. The highest BCUT2D eigenvalue weighted by atomic mass is 16.5. The maximum Gasteiger partial charge on any atom is 0.119 e. The van der Waals surface area contributed by atoms with Crippen molar-refractivity contribution in [3.63, 3.8) is 0 Å². The van der Waals surface area contributed by atoms with Gasteiger partial charge in [0, 0.05) is 5.69 Å². The molecule has 0 radical (unpaired) electrons. The SMILES string of the molecule is CCC(CNc1ccc(C)c(C)c1)Oc1ccc(C)cc1. The van der Waals surface area contributed by atoms with Crippen LogP contribution < -0.4 is 10.1 Å². The van der Waals surface area contributed by atoms with Crippen LogP contribution in [0.4, 0.5) is 5.69 Å². The lowest BCUT2D eigenvalue weighted by atomic mass is 10.1. The number of hydrogen-bond acceptors (Lipinski definition) is 2. The molecule has 0 amide bonds. The molecule has 0 heterocycles. The third kappa shape index (κ3) is 4.52. The molecule has 0 aliphatic heterocycles. The van der Waals surface area contributed by atoms with Gasteiger partial charge in [0.25, 0.3) is 0 Å². The van der Waals surface area contributed by atoms with Gasteiger partial charge in [-0.15, -0.1) is 0 Å². The summed E-state index contributed by atoms with van der Waals surface area (Å²) in [6, 6.07) is 14.7. The molecule has 2 heteroatoms. The van der Waals surface area contributed by atoms with E-state index in [1.807, 2.05) is 12.1 Å². The molecule has 112 valence electrons. The van der Waals surface area contributed by atoms with E-state index in [4.69, 9.17) is 4.74 Å². The zero-order chi connectivity index (χ0) is 15.2. The Balaban J connectivity index is 1.92. The number of hydrogen-bond donors (Lipinski definition) is 1. The third-order valence-electron chi connectivity index (χ3n) is 3.82. The van der Waals surface area contributed by atoms with Crippen molar-refractivity contribution >= 4 is 5.69 Å². The topological polar surface area (TPSA) is 21.3 Å². The molecule has 0 fully saturated rings. The average Bonchev–Trinajstić information content (AvgIpc) is 2.49. The van der Waals surface area contributed by atoms with Crippen molar-refractivity contribution in [2.75, 3.05) is 11.9 Å². The Bertz CT molecular complexity index is 575. The highest BCUT2D eigenvalue weighted by molar-refractivity contribution is 5.48. The number of rotatable bonds is 6. The first-order chi connectivity index (χ1) is 10.1. The zero-order valence-corrected chi connectivity index (χ0v) is 13.4. The Kier molecular flexibility index (Phi) is 5.26. The van der Waals surface area contributed by atoms with Crippen LogP contribution >= 0.6 is 0 Å². The van der Waals surface area contributed by atoms with E-state index in [-0.39, 0.29) is 6.10 Å². The van der Waals surface area contributed by atoms with Crippen LogP contribution in [0, 0.1) is 20.8 Å². The van der Waals surface area contributed by atoms with E-state index in [1.54, 1.807) is 0 Å². The van der Waals surface area contributed by atoms with Crippen molar-refractivity contribution in [2.45, 2.75) is 40.2 Å². The minimum absolute atomic E-state index is 0.175. The molecule has 0 aliphatic rings. The third-order valence-corrected chi connectivity index (χ3v) is 3.82. The van der Waals surface area contributed by atoms with E-state index >= 15 is 0 Å². The van der Waals surface area contributed by atoms with E-state index in [0.717, 1.165) is 24.4 Å². The van der Waals surface area contributed by atoms with Gasteiger partial charge in [-0.05, 0) is 62.6 Å². The summed E-state index contributed by atoms with van der Waals surface area (Å²) >= 11 is 0. The fourth-order valence-corrected chi connectivity index (χ4v) is 2.16. The summed E-state index contributed by atoms with van der Waals surface area (Å²) < 4.78 is 6.03. The summed E-state index contributed by atoms with van der Waals surface area (Å²) in [6.45, 7) is 9.32. The van der Waals surface area contributed by atoms with E-state index in [2.05, 4.69) is 63.3 Å². The molecule has 2 aromatic carbocycles.